The van der Waals surface area contributed by atoms with Crippen LogP contribution in [-0.2, 0) is 6.54 Å². The summed E-state index contributed by atoms with van der Waals surface area (Å²) in [5, 5.41) is 2.84. The first-order valence-electron chi connectivity index (χ1n) is 8.01. The lowest BCUT2D eigenvalue weighted by atomic mass is 10.2. The molecule has 0 fully saturated rings. The number of nitrogens with zero attached hydrogens (tertiary/aromatic N) is 3. The Hall–Kier alpha value is -2.96. The van der Waals surface area contributed by atoms with Crippen LogP contribution in [0.5, 0.6) is 0 Å². The van der Waals surface area contributed by atoms with Gasteiger partial charge in [0, 0.05) is 24.3 Å². The number of carbonyl (C=O) groups excluding carboxylic acids is 1. The van der Waals surface area contributed by atoms with Crippen molar-refractivity contribution in [2.45, 2.75) is 27.3 Å². The van der Waals surface area contributed by atoms with Gasteiger partial charge in [0.25, 0.3) is 5.91 Å². The highest BCUT2D eigenvalue weighted by Crippen LogP contribution is 2.25. The summed E-state index contributed by atoms with van der Waals surface area (Å²) in [7, 11) is 0. The molecule has 1 aromatic carbocycles. The number of nitrogens with two attached hydrogens (primary N) is 1. The van der Waals surface area contributed by atoms with E-state index in [-0.39, 0.29) is 11.7 Å². The largest absolute Gasteiger partial charge is 0.382 e. The first kappa shape index (κ1) is 16.9. The van der Waals surface area contributed by atoms with Crippen molar-refractivity contribution >= 4 is 22.8 Å². The van der Waals surface area contributed by atoms with Crippen LogP contribution in [0.3, 0.4) is 0 Å². The molecule has 0 aliphatic heterocycles. The standard InChI is InChI=1S/C18H20FN5O/c1-10-11(2)22-17(20)15-16(10)24(12(3)23-15)9-8-21-18(25)13-4-6-14(19)7-5-13/h4-7H,8-9H2,1-3H3,(H2,20,22)(H,21,25). The van der Waals surface area contributed by atoms with Crippen molar-refractivity contribution in [3.05, 3.63) is 52.7 Å². The molecule has 0 atom stereocenters. The van der Waals surface area contributed by atoms with Gasteiger partial charge in [-0.2, -0.15) is 0 Å². The van der Waals surface area contributed by atoms with Crippen LogP contribution in [0.1, 0.15) is 27.4 Å². The molecule has 0 bridgehead atoms. The van der Waals surface area contributed by atoms with Gasteiger partial charge in [-0.25, -0.2) is 14.4 Å². The molecule has 2 heterocycles. The van der Waals surface area contributed by atoms with Crippen LogP contribution in [-0.4, -0.2) is 27.0 Å². The Bertz CT molecular complexity index is 946. The molecule has 0 aliphatic rings. The Morgan fingerprint density at radius 1 is 1.20 bits per heavy atom. The number of amides is 1. The molecule has 3 aromatic rings. The van der Waals surface area contributed by atoms with Crippen molar-refractivity contribution in [1.82, 2.24) is 19.9 Å². The average molecular weight is 341 g/mol. The van der Waals surface area contributed by atoms with Crippen molar-refractivity contribution in [3.8, 4) is 0 Å². The number of aryl methyl sites for hydroxylation is 3. The molecule has 6 nitrogen and oxygen atoms in total. The number of halogens is 1. The number of rotatable bonds is 4. The number of imidazole rings is 1. The minimum atomic E-state index is -0.367. The molecular formula is C18H20FN5O. The maximum Gasteiger partial charge on any atom is 0.251 e. The van der Waals surface area contributed by atoms with E-state index in [4.69, 9.17) is 5.73 Å². The molecule has 1 amide bonds. The van der Waals surface area contributed by atoms with E-state index in [1.807, 2.05) is 25.3 Å². The lowest BCUT2D eigenvalue weighted by molar-refractivity contribution is 0.0952. The minimum Gasteiger partial charge on any atom is -0.382 e. The van der Waals surface area contributed by atoms with Gasteiger partial charge in [-0.15, -0.1) is 0 Å². The molecule has 0 aliphatic carbocycles. The topological polar surface area (TPSA) is 85.8 Å². The fourth-order valence-corrected chi connectivity index (χ4v) is 2.87. The maximum absolute atomic E-state index is 12.9. The molecule has 25 heavy (non-hydrogen) atoms. The number of benzene rings is 1. The number of nitrogen functional groups attached to an aromatic ring is 1. The third kappa shape index (κ3) is 3.17. The Morgan fingerprint density at radius 3 is 2.56 bits per heavy atom. The normalized spacial score (nSPS) is 11.0. The third-order valence-electron chi connectivity index (χ3n) is 4.31. The van der Waals surface area contributed by atoms with Crippen LogP contribution in [0.15, 0.2) is 24.3 Å². The van der Waals surface area contributed by atoms with E-state index in [1.54, 1.807) is 0 Å². The van der Waals surface area contributed by atoms with E-state index < -0.39 is 0 Å². The van der Waals surface area contributed by atoms with Gasteiger partial charge in [0.05, 0.1) is 5.52 Å². The Morgan fingerprint density at radius 2 is 1.88 bits per heavy atom. The summed E-state index contributed by atoms with van der Waals surface area (Å²) in [5.74, 6) is 0.619. The minimum absolute atomic E-state index is 0.240. The van der Waals surface area contributed by atoms with Crippen LogP contribution in [0.2, 0.25) is 0 Å². The van der Waals surface area contributed by atoms with Crippen molar-refractivity contribution < 1.29 is 9.18 Å². The van der Waals surface area contributed by atoms with Crippen molar-refractivity contribution in [2.75, 3.05) is 12.3 Å². The zero-order chi connectivity index (χ0) is 18.1. The summed E-state index contributed by atoms with van der Waals surface area (Å²) in [5.41, 5.74) is 9.93. The monoisotopic (exact) mass is 341 g/mol. The first-order chi connectivity index (χ1) is 11.9. The van der Waals surface area contributed by atoms with E-state index in [0.717, 1.165) is 22.6 Å². The second kappa shape index (κ2) is 6.51. The molecule has 0 radical (unpaired) electrons. The summed E-state index contributed by atoms with van der Waals surface area (Å²) < 4.78 is 15.0. The third-order valence-corrected chi connectivity index (χ3v) is 4.31. The molecule has 3 rings (SSSR count). The predicted molar refractivity (Wildman–Crippen MR) is 94.9 cm³/mol. The maximum atomic E-state index is 12.9. The van der Waals surface area contributed by atoms with E-state index >= 15 is 0 Å². The Labute approximate surface area is 144 Å². The van der Waals surface area contributed by atoms with Crippen LogP contribution in [0.4, 0.5) is 10.2 Å². The second-order valence-electron chi connectivity index (χ2n) is 5.98. The number of fused-ring (bicyclic) bond motifs is 1. The van der Waals surface area contributed by atoms with Crippen molar-refractivity contribution in [2.24, 2.45) is 0 Å². The zero-order valence-corrected chi connectivity index (χ0v) is 14.4. The first-order valence-corrected chi connectivity index (χ1v) is 8.01. The van der Waals surface area contributed by atoms with Gasteiger partial charge in [-0.3, -0.25) is 4.79 Å². The Kier molecular flexibility index (Phi) is 4.39. The Balaban J connectivity index is 1.78. The van der Waals surface area contributed by atoms with E-state index in [0.29, 0.717) is 30.0 Å². The number of pyridine rings is 1. The zero-order valence-electron chi connectivity index (χ0n) is 14.4. The number of anilines is 1. The molecule has 0 saturated heterocycles. The quantitative estimate of drug-likeness (QED) is 0.763. The summed E-state index contributed by atoms with van der Waals surface area (Å²) in [4.78, 5) is 20.9. The molecule has 2 aromatic heterocycles. The van der Waals surface area contributed by atoms with Crippen LogP contribution < -0.4 is 11.1 Å². The van der Waals surface area contributed by atoms with E-state index in [2.05, 4.69) is 15.3 Å². The highest BCUT2D eigenvalue weighted by molar-refractivity contribution is 5.94. The number of carbonyl (C=O) groups is 1. The van der Waals surface area contributed by atoms with Gasteiger partial charge in [0.15, 0.2) is 5.82 Å². The van der Waals surface area contributed by atoms with Gasteiger partial charge < -0.3 is 15.6 Å². The smallest absolute Gasteiger partial charge is 0.251 e. The summed E-state index contributed by atoms with van der Waals surface area (Å²) in [6.45, 7) is 6.77. The van der Waals surface area contributed by atoms with E-state index in [9.17, 15) is 9.18 Å². The fraction of sp³-hybridized carbons (Fsp3) is 0.278. The lowest BCUT2D eigenvalue weighted by Gasteiger charge is -2.11. The second-order valence-corrected chi connectivity index (χ2v) is 5.98. The predicted octanol–water partition coefficient (Wildman–Crippen LogP) is 2.51. The van der Waals surface area contributed by atoms with Crippen LogP contribution >= 0.6 is 0 Å². The SMILES string of the molecule is Cc1nc(N)c2nc(C)n(CCNC(=O)c3ccc(F)cc3)c2c1C. The highest BCUT2D eigenvalue weighted by Gasteiger charge is 2.15. The number of hydrogen-bond acceptors (Lipinski definition) is 4. The molecular weight excluding hydrogens is 321 g/mol. The summed E-state index contributed by atoms with van der Waals surface area (Å²) >= 11 is 0. The molecule has 0 unspecified atom stereocenters. The number of hydrogen-bond donors (Lipinski definition) is 2. The van der Waals surface area contributed by atoms with Gasteiger partial charge in [-0.1, -0.05) is 0 Å². The van der Waals surface area contributed by atoms with Crippen LogP contribution in [0.25, 0.3) is 11.0 Å². The number of nitrogens with one attached hydrogen (secondary N) is 1. The van der Waals surface area contributed by atoms with Gasteiger partial charge in [0.1, 0.15) is 17.2 Å². The molecule has 0 spiro atoms. The molecule has 0 saturated carbocycles. The summed E-state index contributed by atoms with van der Waals surface area (Å²) in [6.07, 6.45) is 0. The molecule has 7 heteroatoms. The van der Waals surface area contributed by atoms with Crippen molar-refractivity contribution in [1.29, 1.82) is 0 Å². The average Bonchev–Trinajstić information content (AvgIpc) is 2.91. The van der Waals surface area contributed by atoms with Gasteiger partial charge >= 0.3 is 0 Å². The summed E-state index contributed by atoms with van der Waals surface area (Å²) in [6, 6.07) is 5.46. The van der Waals surface area contributed by atoms with Gasteiger partial charge in [-0.05, 0) is 50.6 Å². The lowest BCUT2D eigenvalue weighted by Crippen LogP contribution is -2.27. The highest BCUT2D eigenvalue weighted by atomic mass is 19.1. The molecule has 3 N–H and O–H groups in total. The van der Waals surface area contributed by atoms with E-state index in [1.165, 1.54) is 24.3 Å². The van der Waals surface area contributed by atoms with Gasteiger partial charge in [0.2, 0.25) is 0 Å². The van der Waals surface area contributed by atoms with Crippen LogP contribution in [0, 0.1) is 26.6 Å². The van der Waals surface area contributed by atoms with Crippen molar-refractivity contribution in [3.63, 3.8) is 0 Å². The fourth-order valence-electron chi connectivity index (χ4n) is 2.87. The molecule has 130 valence electrons. The number of aromatic nitrogens is 3.